The number of benzene rings is 2. The molecule has 0 saturated carbocycles. The standard InChI is InChI=1S/C20H22F2N2O/c1-15(25)24(19-7-5-17(21)6-8-19)20-9-11-23(12-10-20)14-16-3-2-4-18(22)13-16/h2-8,13,20H,9-12,14H2,1H3. The van der Waals surface area contributed by atoms with Crippen LogP contribution >= 0.6 is 0 Å². The zero-order valence-electron chi connectivity index (χ0n) is 14.3. The summed E-state index contributed by atoms with van der Waals surface area (Å²) in [5.41, 5.74) is 1.69. The monoisotopic (exact) mass is 344 g/mol. The van der Waals surface area contributed by atoms with E-state index in [9.17, 15) is 13.6 Å². The minimum Gasteiger partial charge on any atom is -0.310 e. The topological polar surface area (TPSA) is 23.6 Å². The lowest BCUT2D eigenvalue weighted by molar-refractivity contribution is -0.117. The third kappa shape index (κ3) is 4.42. The molecule has 3 nitrogen and oxygen atoms in total. The fraction of sp³-hybridized carbons (Fsp3) is 0.350. The van der Waals surface area contributed by atoms with Crippen LogP contribution in [0.5, 0.6) is 0 Å². The molecular weight excluding hydrogens is 322 g/mol. The molecule has 0 aliphatic carbocycles. The molecule has 25 heavy (non-hydrogen) atoms. The Labute approximate surface area is 146 Å². The highest BCUT2D eigenvalue weighted by Crippen LogP contribution is 2.25. The molecule has 0 radical (unpaired) electrons. The Hall–Kier alpha value is -2.27. The number of carbonyl (C=O) groups excluding carboxylic acids is 1. The van der Waals surface area contributed by atoms with Gasteiger partial charge in [-0.3, -0.25) is 9.69 Å². The molecule has 3 rings (SSSR count). The molecule has 0 spiro atoms. The molecule has 132 valence electrons. The summed E-state index contributed by atoms with van der Waals surface area (Å²) in [5, 5.41) is 0. The summed E-state index contributed by atoms with van der Waals surface area (Å²) in [6.07, 6.45) is 1.68. The van der Waals surface area contributed by atoms with Crippen LogP contribution in [-0.4, -0.2) is 29.9 Å². The van der Waals surface area contributed by atoms with Gasteiger partial charge in [0.1, 0.15) is 11.6 Å². The normalized spacial score (nSPS) is 16.0. The summed E-state index contributed by atoms with van der Waals surface area (Å²) in [7, 11) is 0. The molecule has 1 aliphatic heterocycles. The molecule has 1 aliphatic rings. The number of anilines is 1. The minimum atomic E-state index is -0.308. The molecular formula is C20H22F2N2O. The van der Waals surface area contributed by atoms with E-state index >= 15 is 0 Å². The number of hydrogen-bond acceptors (Lipinski definition) is 2. The van der Waals surface area contributed by atoms with Gasteiger partial charge in [-0.1, -0.05) is 12.1 Å². The summed E-state index contributed by atoms with van der Waals surface area (Å²) in [4.78, 5) is 16.2. The number of amides is 1. The quantitative estimate of drug-likeness (QED) is 0.837. The van der Waals surface area contributed by atoms with Gasteiger partial charge >= 0.3 is 0 Å². The molecule has 2 aromatic carbocycles. The Balaban J connectivity index is 1.63. The Bertz CT molecular complexity index is 725. The van der Waals surface area contributed by atoms with Crippen LogP contribution in [-0.2, 0) is 11.3 Å². The van der Waals surface area contributed by atoms with Crippen molar-refractivity contribution in [1.82, 2.24) is 4.90 Å². The van der Waals surface area contributed by atoms with Crippen LogP contribution in [0.4, 0.5) is 14.5 Å². The van der Waals surface area contributed by atoms with E-state index in [1.807, 2.05) is 6.07 Å². The average molecular weight is 344 g/mol. The van der Waals surface area contributed by atoms with E-state index in [2.05, 4.69) is 4.90 Å². The lowest BCUT2D eigenvalue weighted by Gasteiger charge is -2.38. The molecule has 0 aromatic heterocycles. The van der Waals surface area contributed by atoms with E-state index < -0.39 is 0 Å². The average Bonchev–Trinajstić information content (AvgIpc) is 2.58. The predicted octanol–water partition coefficient (Wildman–Crippen LogP) is 3.98. The number of halogens is 2. The highest BCUT2D eigenvalue weighted by Gasteiger charge is 2.27. The summed E-state index contributed by atoms with van der Waals surface area (Å²) in [6, 6.07) is 12.8. The molecule has 0 bridgehead atoms. The van der Waals surface area contributed by atoms with Gasteiger partial charge in [0.05, 0.1) is 0 Å². The molecule has 1 amide bonds. The number of rotatable bonds is 4. The first-order valence-electron chi connectivity index (χ1n) is 8.55. The van der Waals surface area contributed by atoms with Gasteiger partial charge in [-0.2, -0.15) is 0 Å². The number of piperidine rings is 1. The van der Waals surface area contributed by atoms with Crippen molar-refractivity contribution in [2.24, 2.45) is 0 Å². The summed E-state index contributed by atoms with van der Waals surface area (Å²) >= 11 is 0. The lowest BCUT2D eigenvalue weighted by atomic mass is 10.0. The largest absolute Gasteiger partial charge is 0.310 e. The molecule has 1 heterocycles. The SMILES string of the molecule is CC(=O)N(c1ccc(F)cc1)C1CCN(Cc2cccc(F)c2)CC1. The van der Waals surface area contributed by atoms with E-state index in [1.165, 1.54) is 18.2 Å². The van der Waals surface area contributed by atoms with E-state index in [0.29, 0.717) is 6.54 Å². The van der Waals surface area contributed by atoms with Crippen LogP contribution in [0.15, 0.2) is 48.5 Å². The maximum atomic E-state index is 13.3. The van der Waals surface area contributed by atoms with Crippen molar-refractivity contribution in [2.75, 3.05) is 18.0 Å². The van der Waals surface area contributed by atoms with Crippen LogP contribution < -0.4 is 4.90 Å². The maximum Gasteiger partial charge on any atom is 0.224 e. The van der Waals surface area contributed by atoms with Crippen LogP contribution in [0, 0.1) is 11.6 Å². The van der Waals surface area contributed by atoms with Crippen LogP contribution in [0.2, 0.25) is 0 Å². The Morgan fingerprint density at radius 1 is 1.08 bits per heavy atom. The van der Waals surface area contributed by atoms with Crippen molar-refractivity contribution in [1.29, 1.82) is 0 Å². The minimum absolute atomic E-state index is 0.0322. The lowest BCUT2D eigenvalue weighted by Crippen LogP contribution is -2.46. The highest BCUT2D eigenvalue weighted by atomic mass is 19.1. The van der Waals surface area contributed by atoms with Gasteiger partial charge in [0, 0.05) is 38.3 Å². The number of likely N-dealkylation sites (tertiary alicyclic amines) is 1. The number of carbonyl (C=O) groups is 1. The summed E-state index contributed by atoms with van der Waals surface area (Å²) in [5.74, 6) is -0.557. The smallest absolute Gasteiger partial charge is 0.224 e. The van der Waals surface area contributed by atoms with Crippen molar-refractivity contribution in [3.05, 3.63) is 65.7 Å². The third-order valence-corrected chi connectivity index (χ3v) is 4.66. The van der Waals surface area contributed by atoms with E-state index in [1.54, 1.807) is 36.1 Å². The van der Waals surface area contributed by atoms with Crippen molar-refractivity contribution >= 4 is 11.6 Å². The van der Waals surface area contributed by atoms with Gasteiger partial charge in [-0.05, 0) is 54.8 Å². The highest BCUT2D eigenvalue weighted by molar-refractivity contribution is 5.92. The molecule has 0 atom stereocenters. The van der Waals surface area contributed by atoms with Gasteiger partial charge in [0.15, 0.2) is 0 Å². The maximum absolute atomic E-state index is 13.3. The van der Waals surface area contributed by atoms with E-state index in [4.69, 9.17) is 0 Å². The van der Waals surface area contributed by atoms with Crippen LogP contribution in [0.1, 0.15) is 25.3 Å². The Morgan fingerprint density at radius 3 is 2.36 bits per heavy atom. The van der Waals surface area contributed by atoms with Crippen LogP contribution in [0.25, 0.3) is 0 Å². The molecule has 2 aromatic rings. The van der Waals surface area contributed by atoms with Crippen molar-refractivity contribution in [3.8, 4) is 0 Å². The predicted molar refractivity (Wildman–Crippen MR) is 94.3 cm³/mol. The molecule has 5 heteroatoms. The van der Waals surface area contributed by atoms with Gasteiger partial charge in [0.25, 0.3) is 0 Å². The molecule has 0 N–H and O–H groups in total. The van der Waals surface area contributed by atoms with Crippen molar-refractivity contribution in [3.63, 3.8) is 0 Å². The first-order valence-corrected chi connectivity index (χ1v) is 8.55. The first-order chi connectivity index (χ1) is 12.0. The third-order valence-electron chi connectivity index (χ3n) is 4.66. The second kappa shape index (κ2) is 7.74. The second-order valence-electron chi connectivity index (χ2n) is 6.50. The first kappa shape index (κ1) is 17.5. The van der Waals surface area contributed by atoms with Crippen molar-refractivity contribution < 1.29 is 13.6 Å². The zero-order valence-corrected chi connectivity index (χ0v) is 14.3. The number of hydrogen-bond donors (Lipinski definition) is 0. The van der Waals surface area contributed by atoms with Crippen LogP contribution in [0.3, 0.4) is 0 Å². The second-order valence-corrected chi connectivity index (χ2v) is 6.50. The molecule has 1 saturated heterocycles. The van der Waals surface area contributed by atoms with Gasteiger partial charge in [0.2, 0.25) is 5.91 Å². The Morgan fingerprint density at radius 2 is 1.76 bits per heavy atom. The van der Waals surface area contributed by atoms with Gasteiger partial charge in [-0.15, -0.1) is 0 Å². The summed E-state index contributed by atoms with van der Waals surface area (Å²) < 4.78 is 26.4. The molecule has 0 unspecified atom stereocenters. The van der Waals surface area contributed by atoms with Crippen molar-refractivity contribution in [2.45, 2.75) is 32.4 Å². The summed E-state index contributed by atoms with van der Waals surface area (Å²) in [6.45, 7) is 3.93. The van der Waals surface area contributed by atoms with Gasteiger partial charge < -0.3 is 4.90 Å². The Kier molecular flexibility index (Phi) is 5.43. The fourth-order valence-corrected chi connectivity index (χ4v) is 3.48. The number of nitrogens with zero attached hydrogens (tertiary/aromatic N) is 2. The van der Waals surface area contributed by atoms with E-state index in [-0.39, 0.29) is 23.6 Å². The zero-order chi connectivity index (χ0) is 17.8. The molecule has 1 fully saturated rings. The van der Waals surface area contributed by atoms with E-state index in [0.717, 1.165) is 37.2 Å². The van der Waals surface area contributed by atoms with Gasteiger partial charge in [-0.25, -0.2) is 8.78 Å². The fourth-order valence-electron chi connectivity index (χ4n) is 3.48.